The van der Waals surface area contributed by atoms with Crippen molar-refractivity contribution < 1.29 is 24.0 Å². The fourth-order valence-corrected chi connectivity index (χ4v) is 4.68. The molecular weight excluding hydrogens is 547 g/mol. The molecule has 1 fully saturated rings. The maximum Gasteiger partial charge on any atom is 0.293 e. The maximum atomic E-state index is 12.9. The SMILES string of the molecule is CCCOc1c(I)cc(/C=C2\SC(=O)N(Cc3ccccc3[N+](=O)[O-])C2=O)cc1OCC. The number of amides is 2. The predicted molar refractivity (Wildman–Crippen MR) is 131 cm³/mol. The second-order valence-corrected chi connectivity index (χ2v) is 8.92. The molecule has 1 heterocycles. The topological polar surface area (TPSA) is 99.0 Å². The average Bonchev–Trinajstić information content (AvgIpc) is 3.01. The van der Waals surface area contributed by atoms with Crippen molar-refractivity contribution in [2.45, 2.75) is 26.8 Å². The first-order chi connectivity index (χ1) is 15.3. The van der Waals surface area contributed by atoms with E-state index in [2.05, 4.69) is 22.6 Å². The average molecular weight is 568 g/mol. The molecule has 0 radical (unpaired) electrons. The zero-order chi connectivity index (χ0) is 23.3. The summed E-state index contributed by atoms with van der Waals surface area (Å²) in [6.07, 6.45) is 2.48. The van der Waals surface area contributed by atoms with Gasteiger partial charge in [-0.3, -0.25) is 24.6 Å². The molecule has 3 rings (SSSR count). The number of carbonyl (C=O) groups is 2. The zero-order valence-corrected chi connectivity index (χ0v) is 20.5. The van der Waals surface area contributed by atoms with Gasteiger partial charge < -0.3 is 9.47 Å². The lowest BCUT2D eigenvalue weighted by Crippen LogP contribution is -2.27. The number of nitro groups is 1. The van der Waals surface area contributed by atoms with Gasteiger partial charge in [0.2, 0.25) is 0 Å². The van der Waals surface area contributed by atoms with Crippen molar-refractivity contribution in [2.75, 3.05) is 13.2 Å². The highest BCUT2D eigenvalue weighted by molar-refractivity contribution is 14.1. The number of para-hydroxylation sites is 1. The third-order valence-electron chi connectivity index (χ3n) is 4.47. The number of benzene rings is 2. The third-order valence-corrected chi connectivity index (χ3v) is 6.18. The quantitative estimate of drug-likeness (QED) is 0.168. The number of halogens is 1. The van der Waals surface area contributed by atoms with Crippen LogP contribution in [0.5, 0.6) is 11.5 Å². The van der Waals surface area contributed by atoms with E-state index in [1.807, 2.05) is 19.9 Å². The van der Waals surface area contributed by atoms with Crippen LogP contribution >= 0.6 is 34.4 Å². The van der Waals surface area contributed by atoms with E-state index in [1.54, 1.807) is 24.3 Å². The van der Waals surface area contributed by atoms with Crippen LogP contribution in [-0.4, -0.2) is 34.2 Å². The first-order valence-electron chi connectivity index (χ1n) is 9.92. The fraction of sp³-hybridized carbons (Fsp3) is 0.273. The van der Waals surface area contributed by atoms with E-state index in [0.717, 1.165) is 26.7 Å². The van der Waals surface area contributed by atoms with Crippen LogP contribution in [0.4, 0.5) is 10.5 Å². The van der Waals surface area contributed by atoms with Crippen LogP contribution in [0, 0.1) is 13.7 Å². The van der Waals surface area contributed by atoms with Gasteiger partial charge in [-0.1, -0.05) is 25.1 Å². The lowest BCUT2D eigenvalue weighted by Gasteiger charge is -2.14. The molecular formula is C22H21IN2O6S. The van der Waals surface area contributed by atoms with E-state index in [-0.39, 0.29) is 17.1 Å². The summed E-state index contributed by atoms with van der Waals surface area (Å²) in [6.45, 7) is 4.73. The fourth-order valence-electron chi connectivity index (χ4n) is 3.06. The van der Waals surface area contributed by atoms with Gasteiger partial charge in [0.1, 0.15) is 0 Å². The standard InChI is InChI=1S/C22H21IN2O6S/c1-3-9-31-20-16(23)10-14(11-18(20)30-4-2)12-19-21(26)24(22(27)32-19)13-15-7-5-6-8-17(15)25(28)29/h5-8,10-12H,3-4,9,13H2,1-2H3/b19-12-. The molecule has 2 aromatic rings. The Morgan fingerprint density at radius 2 is 1.94 bits per heavy atom. The molecule has 0 aromatic heterocycles. The van der Waals surface area contributed by atoms with Gasteiger partial charge in [-0.25, -0.2) is 0 Å². The number of carbonyl (C=O) groups excluding carboxylic acids is 2. The van der Waals surface area contributed by atoms with Gasteiger partial charge in [0, 0.05) is 11.6 Å². The molecule has 0 N–H and O–H groups in total. The summed E-state index contributed by atoms with van der Waals surface area (Å²) in [4.78, 5) is 37.4. The van der Waals surface area contributed by atoms with E-state index >= 15 is 0 Å². The summed E-state index contributed by atoms with van der Waals surface area (Å²) in [5.41, 5.74) is 0.860. The highest BCUT2D eigenvalue weighted by atomic mass is 127. The van der Waals surface area contributed by atoms with Gasteiger partial charge in [0.15, 0.2) is 11.5 Å². The number of hydrogen-bond donors (Lipinski definition) is 0. The first kappa shape index (κ1) is 24.1. The number of imide groups is 1. The first-order valence-corrected chi connectivity index (χ1v) is 11.8. The highest BCUT2D eigenvalue weighted by Crippen LogP contribution is 2.38. The lowest BCUT2D eigenvalue weighted by molar-refractivity contribution is -0.385. The van der Waals surface area contributed by atoms with Gasteiger partial charge in [-0.05, 0) is 71.5 Å². The van der Waals surface area contributed by atoms with Gasteiger partial charge in [0.05, 0.1) is 33.2 Å². The van der Waals surface area contributed by atoms with Gasteiger partial charge >= 0.3 is 0 Å². The molecule has 0 atom stereocenters. The Bertz CT molecular complexity index is 1090. The second-order valence-electron chi connectivity index (χ2n) is 6.77. The van der Waals surface area contributed by atoms with Crippen LogP contribution in [0.3, 0.4) is 0 Å². The smallest absolute Gasteiger partial charge is 0.293 e. The van der Waals surface area contributed by atoms with Crippen molar-refractivity contribution in [1.29, 1.82) is 0 Å². The summed E-state index contributed by atoms with van der Waals surface area (Å²) >= 11 is 2.96. The van der Waals surface area contributed by atoms with Gasteiger partial charge in [-0.2, -0.15) is 0 Å². The van der Waals surface area contributed by atoms with E-state index in [1.165, 1.54) is 12.1 Å². The van der Waals surface area contributed by atoms with Crippen LogP contribution in [0.2, 0.25) is 0 Å². The molecule has 2 aromatic carbocycles. The molecule has 0 spiro atoms. The lowest BCUT2D eigenvalue weighted by atomic mass is 10.1. The van der Waals surface area contributed by atoms with Gasteiger partial charge in [0.25, 0.3) is 16.8 Å². The number of nitrogens with zero attached hydrogens (tertiary/aromatic N) is 2. The minimum Gasteiger partial charge on any atom is -0.490 e. The van der Waals surface area contributed by atoms with Gasteiger partial charge in [-0.15, -0.1) is 0 Å². The monoisotopic (exact) mass is 568 g/mol. The second kappa shape index (κ2) is 10.8. The molecule has 1 aliphatic heterocycles. The summed E-state index contributed by atoms with van der Waals surface area (Å²) < 4.78 is 12.3. The van der Waals surface area contributed by atoms with E-state index in [9.17, 15) is 19.7 Å². The Morgan fingerprint density at radius 3 is 2.62 bits per heavy atom. The normalized spacial score (nSPS) is 14.8. The zero-order valence-electron chi connectivity index (χ0n) is 17.5. The number of thioether (sulfide) groups is 1. The molecule has 168 valence electrons. The van der Waals surface area contributed by atoms with Crippen molar-refractivity contribution in [3.8, 4) is 11.5 Å². The Labute approximate surface area is 203 Å². The molecule has 0 unspecified atom stereocenters. The molecule has 0 saturated carbocycles. The Balaban J connectivity index is 1.88. The predicted octanol–water partition coefficient (Wildman–Crippen LogP) is 5.62. The van der Waals surface area contributed by atoms with E-state index < -0.39 is 16.1 Å². The molecule has 0 aliphatic carbocycles. The Kier molecular flexibility index (Phi) is 8.13. The Morgan fingerprint density at radius 1 is 1.19 bits per heavy atom. The van der Waals surface area contributed by atoms with Crippen molar-refractivity contribution in [2.24, 2.45) is 0 Å². The highest BCUT2D eigenvalue weighted by Gasteiger charge is 2.36. The minimum atomic E-state index is -0.524. The molecule has 1 aliphatic rings. The molecule has 32 heavy (non-hydrogen) atoms. The Hall–Kier alpha value is -2.60. The molecule has 0 bridgehead atoms. The van der Waals surface area contributed by atoms with Crippen LogP contribution in [0.25, 0.3) is 6.08 Å². The number of nitro benzene ring substituents is 1. The van der Waals surface area contributed by atoms with E-state index in [4.69, 9.17) is 9.47 Å². The van der Waals surface area contributed by atoms with Crippen molar-refractivity contribution in [1.82, 2.24) is 4.90 Å². The van der Waals surface area contributed by atoms with Crippen LogP contribution in [-0.2, 0) is 11.3 Å². The van der Waals surface area contributed by atoms with Crippen molar-refractivity contribution >= 4 is 57.3 Å². The summed E-state index contributed by atoms with van der Waals surface area (Å²) in [5.74, 6) is 0.728. The number of ether oxygens (including phenoxy) is 2. The summed E-state index contributed by atoms with van der Waals surface area (Å²) in [5, 5.41) is 10.8. The summed E-state index contributed by atoms with van der Waals surface area (Å²) in [6, 6.07) is 9.69. The third kappa shape index (κ3) is 5.41. The maximum absolute atomic E-state index is 12.9. The summed E-state index contributed by atoms with van der Waals surface area (Å²) in [7, 11) is 0. The van der Waals surface area contributed by atoms with Crippen LogP contribution < -0.4 is 9.47 Å². The van der Waals surface area contributed by atoms with Crippen molar-refractivity contribution in [3.05, 3.63) is 66.1 Å². The number of rotatable bonds is 9. The molecule has 1 saturated heterocycles. The largest absolute Gasteiger partial charge is 0.490 e. The molecule has 2 amide bonds. The van der Waals surface area contributed by atoms with E-state index in [0.29, 0.717) is 35.8 Å². The van der Waals surface area contributed by atoms with Crippen molar-refractivity contribution in [3.63, 3.8) is 0 Å². The minimum absolute atomic E-state index is 0.130. The van der Waals surface area contributed by atoms with Crippen LogP contribution in [0.1, 0.15) is 31.4 Å². The molecule has 10 heteroatoms. The van der Waals surface area contributed by atoms with Crippen LogP contribution in [0.15, 0.2) is 41.3 Å². The number of hydrogen-bond acceptors (Lipinski definition) is 7. The molecule has 8 nitrogen and oxygen atoms in total.